The fraction of sp³-hybridized carbons (Fsp3) is 0. The maximum atomic E-state index is 10.4. The van der Waals surface area contributed by atoms with E-state index >= 15 is 0 Å². The van der Waals surface area contributed by atoms with Gasteiger partial charge in [-0.3, -0.25) is 0 Å². The summed E-state index contributed by atoms with van der Waals surface area (Å²) in [4.78, 5) is 10.4. The van der Waals surface area contributed by atoms with Gasteiger partial charge in [0.15, 0.2) is 0 Å². The Kier molecular flexibility index (Phi) is 3.25. The zero-order valence-electron chi connectivity index (χ0n) is 6.06. The van der Waals surface area contributed by atoms with Crippen molar-refractivity contribution in [1.29, 1.82) is 0 Å². The van der Waals surface area contributed by atoms with Crippen molar-refractivity contribution < 1.29 is 9.53 Å². The van der Waals surface area contributed by atoms with Gasteiger partial charge in [0.25, 0.3) is 0 Å². The highest BCUT2D eigenvalue weighted by atomic mass is 32.1. The first-order valence-corrected chi connectivity index (χ1v) is 4.06. The van der Waals surface area contributed by atoms with Crippen LogP contribution in [-0.2, 0) is 4.74 Å². The lowest BCUT2D eigenvalue weighted by molar-refractivity contribution is 0.226. The summed E-state index contributed by atoms with van der Waals surface area (Å²) >= 11 is 8.24. The molecule has 0 fully saturated rings. The molecule has 0 heterocycles. The van der Waals surface area contributed by atoms with E-state index in [1.807, 2.05) is 18.2 Å². The van der Waals surface area contributed by atoms with Crippen molar-refractivity contribution in [3.8, 4) is 0 Å². The fourth-order valence-corrected chi connectivity index (χ4v) is 1.08. The summed E-state index contributed by atoms with van der Waals surface area (Å²) in [6.07, 6.45) is 0. The summed E-state index contributed by atoms with van der Waals surface area (Å²) in [5, 5.41) is -0.542. The van der Waals surface area contributed by atoms with Gasteiger partial charge >= 0.3 is 5.30 Å². The summed E-state index contributed by atoms with van der Waals surface area (Å²) in [7, 11) is 0. The Morgan fingerprint density at radius 1 is 1.33 bits per heavy atom. The minimum Gasteiger partial charge on any atom is -0.406 e. The van der Waals surface area contributed by atoms with E-state index in [1.54, 1.807) is 12.1 Å². The van der Waals surface area contributed by atoms with Crippen LogP contribution in [0.3, 0.4) is 0 Å². The molecule has 0 spiro atoms. The molecule has 0 aliphatic heterocycles. The monoisotopic (exact) mass is 198 g/mol. The van der Waals surface area contributed by atoms with Crippen LogP contribution in [0, 0.1) is 0 Å². The van der Waals surface area contributed by atoms with Crippen LogP contribution >= 0.6 is 24.8 Å². The van der Waals surface area contributed by atoms with Gasteiger partial charge in [0.05, 0.1) is 0 Å². The lowest BCUT2D eigenvalue weighted by Crippen LogP contribution is -2.04. The predicted molar refractivity (Wildman–Crippen MR) is 53.6 cm³/mol. The van der Waals surface area contributed by atoms with Crippen LogP contribution < -0.4 is 0 Å². The van der Waals surface area contributed by atoms with Crippen molar-refractivity contribution in [3.05, 3.63) is 35.9 Å². The molecular formula is C8H6O2S2. The molecule has 0 aromatic heterocycles. The zero-order chi connectivity index (χ0) is 8.97. The molecule has 62 valence electrons. The van der Waals surface area contributed by atoms with Crippen molar-refractivity contribution >= 4 is 35.2 Å². The first-order valence-electron chi connectivity index (χ1n) is 3.20. The predicted octanol–water partition coefficient (Wildman–Crippen LogP) is 2.43. The molecule has 0 atom stereocenters. The van der Waals surface area contributed by atoms with E-state index in [4.69, 9.17) is 12.2 Å². The molecule has 1 aromatic rings. The van der Waals surface area contributed by atoms with Crippen molar-refractivity contribution in [2.45, 2.75) is 0 Å². The standard InChI is InChI=1S/C8H6O2S2/c9-8(12)10-7(11)6-4-2-1-3-5-6/h1-5H,(H,9,12). The second-order valence-corrected chi connectivity index (χ2v) is 2.76. The Hall–Kier alpha value is -0.870. The second-order valence-electron chi connectivity index (χ2n) is 2.02. The van der Waals surface area contributed by atoms with Crippen LogP contribution in [0.2, 0.25) is 0 Å². The summed E-state index contributed by atoms with van der Waals surface area (Å²) in [6.45, 7) is 0. The number of carbonyl (C=O) groups excluding carboxylic acids is 1. The van der Waals surface area contributed by atoms with E-state index in [0.29, 0.717) is 5.56 Å². The lowest BCUT2D eigenvalue weighted by atomic mass is 10.2. The van der Waals surface area contributed by atoms with Gasteiger partial charge in [-0.2, -0.15) is 0 Å². The quantitative estimate of drug-likeness (QED) is 0.426. The van der Waals surface area contributed by atoms with Crippen LogP contribution in [0.4, 0.5) is 4.79 Å². The maximum absolute atomic E-state index is 10.4. The Morgan fingerprint density at radius 2 is 1.92 bits per heavy atom. The smallest absolute Gasteiger partial charge is 0.370 e. The molecule has 12 heavy (non-hydrogen) atoms. The van der Waals surface area contributed by atoms with Crippen LogP contribution in [-0.4, -0.2) is 10.4 Å². The minimum absolute atomic E-state index is 0.149. The molecule has 0 bridgehead atoms. The van der Waals surface area contributed by atoms with Gasteiger partial charge in [0, 0.05) is 5.56 Å². The average Bonchev–Trinajstić information content (AvgIpc) is 2.05. The highest BCUT2D eigenvalue weighted by molar-refractivity contribution is 7.96. The van der Waals surface area contributed by atoms with E-state index in [2.05, 4.69) is 17.4 Å². The molecule has 0 saturated carbocycles. The van der Waals surface area contributed by atoms with E-state index in [-0.39, 0.29) is 5.05 Å². The number of hydrogen-bond acceptors (Lipinski definition) is 3. The van der Waals surface area contributed by atoms with Crippen molar-refractivity contribution in [2.24, 2.45) is 0 Å². The number of thiocarbonyl (C=S) groups is 1. The first-order chi connectivity index (χ1) is 5.70. The molecule has 0 radical (unpaired) electrons. The molecular weight excluding hydrogens is 192 g/mol. The second kappa shape index (κ2) is 4.23. The van der Waals surface area contributed by atoms with Crippen LogP contribution in [0.15, 0.2) is 30.3 Å². The van der Waals surface area contributed by atoms with Gasteiger partial charge in [0.1, 0.15) is 0 Å². The van der Waals surface area contributed by atoms with Gasteiger partial charge < -0.3 is 4.74 Å². The van der Waals surface area contributed by atoms with Crippen LogP contribution in [0.1, 0.15) is 5.56 Å². The summed E-state index contributed by atoms with van der Waals surface area (Å²) in [6, 6.07) is 9.01. The number of hydrogen-bond donors (Lipinski definition) is 1. The lowest BCUT2D eigenvalue weighted by Gasteiger charge is -2.00. The number of rotatable bonds is 1. The molecule has 1 aromatic carbocycles. The fourth-order valence-electron chi connectivity index (χ4n) is 0.712. The molecule has 0 saturated heterocycles. The number of carbonyl (C=O) groups is 1. The summed E-state index contributed by atoms with van der Waals surface area (Å²) < 4.78 is 4.59. The Labute approximate surface area is 81.0 Å². The van der Waals surface area contributed by atoms with Crippen LogP contribution in [0.25, 0.3) is 0 Å². The SMILES string of the molecule is O=C(S)OC(=S)c1ccccc1. The van der Waals surface area contributed by atoms with E-state index in [0.717, 1.165) is 0 Å². The first kappa shape index (κ1) is 9.22. The Bertz CT molecular complexity index is 295. The van der Waals surface area contributed by atoms with Crippen molar-refractivity contribution in [2.75, 3.05) is 0 Å². The molecule has 0 unspecified atom stereocenters. The highest BCUT2D eigenvalue weighted by Crippen LogP contribution is 2.03. The highest BCUT2D eigenvalue weighted by Gasteiger charge is 2.03. The molecule has 2 nitrogen and oxygen atoms in total. The maximum Gasteiger partial charge on any atom is 0.370 e. The molecule has 1 rings (SSSR count). The average molecular weight is 198 g/mol. The summed E-state index contributed by atoms with van der Waals surface area (Å²) in [5.41, 5.74) is 0.704. The van der Waals surface area contributed by atoms with E-state index in [9.17, 15) is 4.79 Å². The summed E-state index contributed by atoms with van der Waals surface area (Å²) in [5.74, 6) is 0. The Balaban J connectivity index is 2.73. The van der Waals surface area contributed by atoms with Gasteiger partial charge in [-0.25, -0.2) is 4.79 Å². The topological polar surface area (TPSA) is 26.3 Å². The normalized spacial score (nSPS) is 9.08. The van der Waals surface area contributed by atoms with E-state index < -0.39 is 5.30 Å². The van der Waals surface area contributed by atoms with Gasteiger partial charge in [0.2, 0.25) is 5.05 Å². The number of benzene rings is 1. The molecule has 0 amide bonds. The molecule has 4 heteroatoms. The van der Waals surface area contributed by atoms with E-state index in [1.165, 1.54) is 0 Å². The zero-order valence-corrected chi connectivity index (χ0v) is 7.77. The number of thiol groups is 1. The molecule has 0 N–H and O–H groups in total. The minimum atomic E-state index is -0.691. The van der Waals surface area contributed by atoms with Crippen molar-refractivity contribution in [1.82, 2.24) is 0 Å². The van der Waals surface area contributed by atoms with Gasteiger partial charge in [-0.05, 0) is 12.2 Å². The van der Waals surface area contributed by atoms with Crippen LogP contribution in [0.5, 0.6) is 0 Å². The third-order valence-electron chi connectivity index (χ3n) is 1.19. The van der Waals surface area contributed by atoms with Gasteiger partial charge in [-0.1, -0.05) is 43.0 Å². The molecule has 0 aliphatic carbocycles. The largest absolute Gasteiger partial charge is 0.406 e. The third-order valence-corrected chi connectivity index (χ3v) is 1.60. The molecule has 0 aliphatic rings. The van der Waals surface area contributed by atoms with Gasteiger partial charge in [-0.15, -0.1) is 0 Å². The van der Waals surface area contributed by atoms with Crippen molar-refractivity contribution in [3.63, 3.8) is 0 Å². The number of ether oxygens (including phenoxy) is 1. The Morgan fingerprint density at radius 3 is 2.42 bits per heavy atom. The third kappa shape index (κ3) is 2.64.